The SMILES string of the molecule is C=C(NCC1C=CC(C(C)C)CC1)OCCCCCC/C=N\C(C(=C)C)=C(/C)N=C(C)C. The van der Waals surface area contributed by atoms with Crippen LogP contribution >= 0.6 is 0 Å². The molecule has 0 radical (unpaired) electrons. The predicted molar refractivity (Wildman–Crippen MR) is 141 cm³/mol. The van der Waals surface area contributed by atoms with E-state index in [-0.39, 0.29) is 0 Å². The number of unbranched alkanes of at least 4 members (excludes halogenated alkanes) is 4. The lowest BCUT2D eigenvalue weighted by atomic mass is 9.82. The molecule has 0 heterocycles. The molecule has 0 saturated carbocycles. The van der Waals surface area contributed by atoms with Crippen LogP contribution in [0.2, 0.25) is 0 Å². The van der Waals surface area contributed by atoms with E-state index in [1.807, 2.05) is 33.9 Å². The van der Waals surface area contributed by atoms with Crippen LogP contribution in [0.4, 0.5) is 0 Å². The van der Waals surface area contributed by atoms with E-state index in [9.17, 15) is 0 Å². The van der Waals surface area contributed by atoms with Crippen molar-refractivity contribution in [1.29, 1.82) is 0 Å². The van der Waals surface area contributed by atoms with Crippen molar-refractivity contribution in [2.45, 2.75) is 86.5 Å². The van der Waals surface area contributed by atoms with Gasteiger partial charge >= 0.3 is 0 Å². The second kappa shape index (κ2) is 15.7. The molecule has 0 amide bonds. The normalized spacial score (nSPS) is 19.1. The first-order chi connectivity index (χ1) is 15.2. The van der Waals surface area contributed by atoms with Gasteiger partial charge in [-0.3, -0.25) is 9.98 Å². The second-order valence-electron chi connectivity index (χ2n) is 9.57. The molecule has 0 aromatic rings. The average Bonchev–Trinajstić information content (AvgIpc) is 2.73. The third-order valence-electron chi connectivity index (χ3n) is 5.78. The molecule has 32 heavy (non-hydrogen) atoms. The van der Waals surface area contributed by atoms with E-state index in [1.165, 1.54) is 19.3 Å². The second-order valence-corrected chi connectivity index (χ2v) is 9.57. The van der Waals surface area contributed by atoms with Gasteiger partial charge in [0.2, 0.25) is 0 Å². The summed E-state index contributed by atoms with van der Waals surface area (Å²) in [7, 11) is 0. The Balaban J connectivity index is 2.13. The van der Waals surface area contributed by atoms with Gasteiger partial charge in [-0.1, -0.05) is 45.4 Å². The lowest BCUT2D eigenvalue weighted by Gasteiger charge is -2.26. The third kappa shape index (κ3) is 12.1. The molecule has 0 saturated heterocycles. The van der Waals surface area contributed by atoms with E-state index in [1.54, 1.807) is 0 Å². The maximum absolute atomic E-state index is 5.75. The van der Waals surface area contributed by atoms with Gasteiger partial charge in [0.1, 0.15) is 0 Å². The van der Waals surface area contributed by atoms with Crippen LogP contribution in [0, 0.1) is 17.8 Å². The van der Waals surface area contributed by atoms with E-state index in [4.69, 9.17) is 4.74 Å². The summed E-state index contributed by atoms with van der Waals surface area (Å²) in [4.78, 5) is 9.11. The third-order valence-corrected chi connectivity index (χ3v) is 5.78. The number of ether oxygens (including phenoxy) is 1. The molecule has 1 N–H and O–H groups in total. The van der Waals surface area contributed by atoms with Crippen LogP contribution in [-0.2, 0) is 4.74 Å². The van der Waals surface area contributed by atoms with E-state index in [0.717, 1.165) is 73.3 Å². The lowest BCUT2D eigenvalue weighted by Crippen LogP contribution is -2.25. The Labute approximate surface area is 197 Å². The van der Waals surface area contributed by atoms with Crippen molar-refractivity contribution in [1.82, 2.24) is 5.32 Å². The molecule has 1 rings (SSSR count). The van der Waals surface area contributed by atoms with Gasteiger partial charge in [0.05, 0.1) is 18.0 Å². The largest absolute Gasteiger partial charge is 0.480 e. The minimum Gasteiger partial charge on any atom is -0.480 e. The summed E-state index contributed by atoms with van der Waals surface area (Å²) in [5.41, 5.74) is 3.81. The lowest BCUT2D eigenvalue weighted by molar-refractivity contribution is 0.183. The van der Waals surface area contributed by atoms with Gasteiger partial charge in [-0.2, -0.15) is 0 Å². The number of allylic oxidation sites excluding steroid dienone is 3. The van der Waals surface area contributed by atoms with Crippen molar-refractivity contribution in [3.8, 4) is 0 Å². The molecule has 0 fully saturated rings. The Kier molecular flexibility index (Phi) is 13.7. The summed E-state index contributed by atoms with van der Waals surface area (Å²) < 4.78 is 5.75. The molecule has 1 aliphatic rings. The first-order valence-electron chi connectivity index (χ1n) is 12.4. The standard InChI is InChI=1S/C28H47N3O/c1-21(2)27-16-14-26(15-17-27)20-30-25(8)32-19-13-11-9-10-12-18-29-28(22(3)4)24(7)31-23(5)6/h14,16,18,21,26-27,30H,3,8-13,15,17,19-20H2,1-2,4-7H3/b28-24+,29-18-. The van der Waals surface area contributed by atoms with Crippen molar-refractivity contribution in [3.05, 3.63) is 48.2 Å². The van der Waals surface area contributed by atoms with Crippen LogP contribution in [0.15, 0.2) is 58.1 Å². The molecule has 0 aliphatic heterocycles. The molecule has 180 valence electrons. The summed E-state index contributed by atoms with van der Waals surface area (Å²) in [6.07, 6.45) is 14.8. The summed E-state index contributed by atoms with van der Waals surface area (Å²) in [6.45, 7) is 22.2. The van der Waals surface area contributed by atoms with Crippen LogP contribution < -0.4 is 5.32 Å². The van der Waals surface area contributed by atoms with Crippen molar-refractivity contribution < 1.29 is 4.74 Å². The van der Waals surface area contributed by atoms with Gasteiger partial charge in [-0.25, -0.2) is 0 Å². The molecule has 0 aromatic carbocycles. The van der Waals surface area contributed by atoms with Crippen LogP contribution in [0.3, 0.4) is 0 Å². The minimum atomic E-state index is 0.592. The smallest absolute Gasteiger partial charge is 0.179 e. The quantitative estimate of drug-likeness (QED) is 0.0934. The highest BCUT2D eigenvalue weighted by Crippen LogP contribution is 2.27. The monoisotopic (exact) mass is 441 g/mol. The van der Waals surface area contributed by atoms with Gasteiger partial charge in [-0.15, -0.1) is 0 Å². The van der Waals surface area contributed by atoms with Gasteiger partial charge in [0.15, 0.2) is 5.88 Å². The average molecular weight is 442 g/mol. The maximum atomic E-state index is 5.75. The van der Waals surface area contributed by atoms with Crippen molar-refractivity contribution in [2.24, 2.45) is 27.7 Å². The van der Waals surface area contributed by atoms with Crippen LogP contribution in [-0.4, -0.2) is 25.1 Å². The molecule has 2 unspecified atom stereocenters. The molecule has 4 nitrogen and oxygen atoms in total. The summed E-state index contributed by atoms with van der Waals surface area (Å²) >= 11 is 0. The van der Waals surface area contributed by atoms with Gasteiger partial charge in [-0.05, 0) is 89.7 Å². The highest BCUT2D eigenvalue weighted by Gasteiger charge is 2.18. The molecule has 2 atom stereocenters. The highest BCUT2D eigenvalue weighted by atomic mass is 16.5. The van der Waals surface area contributed by atoms with Crippen molar-refractivity contribution >= 4 is 11.9 Å². The zero-order valence-corrected chi connectivity index (χ0v) is 21.5. The van der Waals surface area contributed by atoms with E-state index >= 15 is 0 Å². The van der Waals surface area contributed by atoms with Crippen LogP contribution in [0.1, 0.15) is 86.5 Å². The summed E-state index contributed by atoms with van der Waals surface area (Å²) in [5.74, 6) is 2.78. The summed E-state index contributed by atoms with van der Waals surface area (Å²) in [5, 5.41) is 3.35. The van der Waals surface area contributed by atoms with Crippen LogP contribution in [0.5, 0.6) is 0 Å². The molecule has 0 spiro atoms. The zero-order valence-electron chi connectivity index (χ0n) is 21.5. The predicted octanol–water partition coefficient (Wildman–Crippen LogP) is 7.61. The number of hydrogen-bond donors (Lipinski definition) is 1. The first-order valence-corrected chi connectivity index (χ1v) is 12.4. The van der Waals surface area contributed by atoms with Crippen LogP contribution in [0.25, 0.3) is 0 Å². The Morgan fingerprint density at radius 1 is 1.06 bits per heavy atom. The fraction of sp³-hybridized carbons (Fsp3) is 0.643. The number of hydrogen-bond acceptors (Lipinski definition) is 4. The number of aliphatic imine (C=N–C) groups is 2. The van der Waals surface area contributed by atoms with E-state index < -0.39 is 0 Å². The van der Waals surface area contributed by atoms with Gasteiger partial charge in [0, 0.05) is 18.5 Å². The Hall–Kier alpha value is -2.10. The molecular weight excluding hydrogens is 394 g/mol. The number of nitrogens with zero attached hydrogens (tertiary/aromatic N) is 2. The fourth-order valence-corrected chi connectivity index (χ4v) is 3.86. The Morgan fingerprint density at radius 3 is 2.38 bits per heavy atom. The minimum absolute atomic E-state index is 0.592. The maximum Gasteiger partial charge on any atom is 0.179 e. The number of nitrogens with one attached hydrogen (secondary N) is 1. The Morgan fingerprint density at radius 2 is 1.78 bits per heavy atom. The highest BCUT2D eigenvalue weighted by molar-refractivity contribution is 5.80. The Bertz CT molecular complexity index is 708. The summed E-state index contributed by atoms with van der Waals surface area (Å²) in [6, 6.07) is 0. The molecule has 0 bridgehead atoms. The molecule has 0 aromatic heterocycles. The zero-order chi connectivity index (χ0) is 23.9. The first kappa shape index (κ1) is 27.9. The fourth-order valence-electron chi connectivity index (χ4n) is 3.86. The van der Waals surface area contributed by atoms with Crippen molar-refractivity contribution in [3.63, 3.8) is 0 Å². The van der Waals surface area contributed by atoms with Gasteiger partial charge < -0.3 is 10.1 Å². The number of rotatable bonds is 15. The van der Waals surface area contributed by atoms with E-state index in [0.29, 0.717) is 11.8 Å². The topological polar surface area (TPSA) is 46.0 Å². The molecule has 4 heteroatoms. The molecular formula is C28H47N3O. The van der Waals surface area contributed by atoms with Crippen molar-refractivity contribution in [2.75, 3.05) is 13.2 Å². The van der Waals surface area contributed by atoms with Gasteiger partial charge in [0.25, 0.3) is 0 Å². The molecule has 1 aliphatic carbocycles. The van der Waals surface area contributed by atoms with E-state index in [2.05, 4.69) is 54.5 Å².